The Morgan fingerprint density at radius 1 is 0.727 bits per heavy atom. The lowest BCUT2D eigenvalue weighted by molar-refractivity contribution is -0.156. The smallest absolute Gasteiger partial charge is 0.306 e. The summed E-state index contributed by atoms with van der Waals surface area (Å²) in [4.78, 5) is 23.6. The van der Waals surface area contributed by atoms with Crippen LogP contribution < -0.4 is 0 Å². The summed E-state index contributed by atoms with van der Waals surface area (Å²) in [6.07, 6.45) is 7.96. The summed E-state index contributed by atoms with van der Waals surface area (Å²) < 4.78 is 10.8. The zero-order chi connectivity index (χ0) is 16.8. The summed E-state index contributed by atoms with van der Waals surface area (Å²) in [5.74, 6) is -0.581. The van der Waals surface area contributed by atoms with Gasteiger partial charge in [0.25, 0.3) is 0 Å². The van der Waals surface area contributed by atoms with Gasteiger partial charge in [-0.1, -0.05) is 53.4 Å². The number of esters is 2. The molecular weight excluding hydrogens is 280 g/mol. The van der Waals surface area contributed by atoms with Crippen molar-refractivity contribution in [3.05, 3.63) is 0 Å². The van der Waals surface area contributed by atoms with E-state index in [1.54, 1.807) is 0 Å². The first-order valence-electron chi connectivity index (χ1n) is 8.96. The van der Waals surface area contributed by atoms with Crippen molar-refractivity contribution in [1.29, 1.82) is 0 Å². The first-order chi connectivity index (χ1) is 10.6. The highest BCUT2D eigenvalue weighted by Gasteiger charge is 2.16. The summed E-state index contributed by atoms with van der Waals surface area (Å²) in [5, 5.41) is 0. The van der Waals surface area contributed by atoms with Gasteiger partial charge in [0.2, 0.25) is 0 Å². The van der Waals surface area contributed by atoms with E-state index < -0.39 is 0 Å². The molecule has 0 amide bonds. The van der Waals surface area contributed by atoms with E-state index in [4.69, 9.17) is 9.47 Å². The van der Waals surface area contributed by atoms with Crippen molar-refractivity contribution in [3.8, 4) is 0 Å². The maximum Gasteiger partial charge on any atom is 0.306 e. The van der Waals surface area contributed by atoms with E-state index in [9.17, 15) is 9.59 Å². The molecular formula is C18H34O4. The highest BCUT2D eigenvalue weighted by molar-refractivity contribution is 5.77. The molecule has 4 nitrogen and oxygen atoms in total. The molecule has 0 aliphatic rings. The van der Waals surface area contributed by atoms with Gasteiger partial charge in [-0.2, -0.15) is 0 Å². The molecule has 0 spiro atoms. The molecule has 0 aromatic heterocycles. The Kier molecular flexibility index (Phi) is 12.9. The topological polar surface area (TPSA) is 52.6 Å². The van der Waals surface area contributed by atoms with Crippen molar-refractivity contribution < 1.29 is 19.1 Å². The highest BCUT2D eigenvalue weighted by Crippen LogP contribution is 2.12. The fraction of sp³-hybridized carbons (Fsp3) is 0.889. The minimum atomic E-state index is -0.290. The zero-order valence-corrected chi connectivity index (χ0v) is 14.9. The lowest BCUT2D eigenvalue weighted by atomic mass is 10.1. The second kappa shape index (κ2) is 13.6. The first-order valence-corrected chi connectivity index (χ1v) is 8.96. The van der Waals surface area contributed by atoms with Crippen LogP contribution in [0.4, 0.5) is 0 Å². The van der Waals surface area contributed by atoms with Gasteiger partial charge >= 0.3 is 11.9 Å². The molecule has 130 valence electrons. The molecule has 0 aliphatic carbocycles. The van der Waals surface area contributed by atoms with Crippen LogP contribution in [0.5, 0.6) is 0 Å². The van der Waals surface area contributed by atoms with Crippen LogP contribution in [0.2, 0.25) is 0 Å². The molecule has 0 bridgehead atoms. The van der Waals surface area contributed by atoms with Gasteiger partial charge in [-0.05, 0) is 25.7 Å². The molecule has 0 aliphatic heterocycles. The quantitative estimate of drug-likeness (QED) is 0.459. The molecule has 0 rings (SSSR count). The summed E-state index contributed by atoms with van der Waals surface area (Å²) in [6, 6.07) is 0. The van der Waals surface area contributed by atoms with Crippen molar-refractivity contribution in [3.63, 3.8) is 0 Å². The highest BCUT2D eigenvalue weighted by atomic mass is 16.5. The summed E-state index contributed by atoms with van der Waals surface area (Å²) >= 11 is 0. The van der Waals surface area contributed by atoms with Crippen molar-refractivity contribution in [1.82, 2.24) is 0 Å². The number of carbonyl (C=O) groups is 2. The average Bonchev–Trinajstić information content (AvgIpc) is 2.53. The van der Waals surface area contributed by atoms with Gasteiger partial charge in [0.1, 0.15) is 12.2 Å². The minimum Gasteiger partial charge on any atom is -0.462 e. The van der Waals surface area contributed by atoms with E-state index in [0.717, 1.165) is 51.4 Å². The summed E-state index contributed by atoms with van der Waals surface area (Å²) in [7, 11) is 0. The molecule has 2 atom stereocenters. The van der Waals surface area contributed by atoms with Gasteiger partial charge in [0.05, 0.1) is 12.8 Å². The number of ether oxygens (including phenoxy) is 2. The molecule has 0 saturated heterocycles. The fourth-order valence-corrected chi connectivity index (χ4v) is 2.25. The Bertz CT molecular complexity index is 271. The van der Waals surface area contributed by atoms with Crippen molar-refractivity contribution in [2.75, 3.05) is 0 Å². The molecule has 0 radical (unpaired) electrons. The Balaban J connectivity index is 3.98. The summed E-state index contributed by atoms with van der Waals surface area (Å²) in [5.41, 5.74) is 0. The normalized spacial score (nSPS) is 13.5. The number of rotatable bonds is 13. The molecule has 0 aromatic rings. The first kappa shape index (κ1) is 20.9. The molecule has 0 saturated carbocycles. The average molecular weight is 314 g/mol. The molecule has 0 heterocycles. The lowest BCUT2D eigenvalue weighted by Gasteiger charge is -2.17. The fourth-order valence-electron chi connectivity index (χ4n) is 2.25. The lowest BCUT2D eigenvalue weighted by Crippen LogP contribution is -2.21. The van der Waals surface area contributed by atoms with E-state index in [1.165, 1.54) is 0 Å². The third-order valence-corrected chi connectivity index (χ3v) is 3.80. The van der Waals surface area contributed by atoms with Gasteiger partial charge in [-0.15, -0.1) is 0 Å². The minimum absolute atomic E-state index is 0.0172. The Hall–Kier alpha value is -1.06. The number of hydrogen-bond donors (Lipinski definition) is 0. The van der Waals surface area contributed by atoms with E-state index >= 15 is 0 Å². The predicted molar refractivity (Wildman–Crippen MR) is 88.6 cm³/mol. The molecule has 22 heavy (non-hydrogen) atoms. The van der Waals surface area contributed by atoms with Gasteiger partial charge in [0.15, 0.2) is 0 Å². The second-order valence-electron chi connectivity index (χ2n) is 5.82. The third-order valence-electron chi connectivity index (χ3n) is 3.80. The maximum absolute atomic E-state index is 11.8. The van der Waals surface area contributed by atoms with E-state index in [2.05, 4.69) is 13.8 Å². The van der Waals surface area contributed by atoms with Crippen LogP contribution >= 0.6 is 0 Å². The van der Waals surface area contributed by atoms with Crippen LogP contribution in [-0.2, 0) is 19.1 Å². The Labute approximate surface area is 135 Å². The second-order valence-corrected chi connectivity index (χ2v) is 5.82. The largest absolute Gasteiger partial charge is 0.462 e. The maximum atomic E-state index is 11.8. The number of carbonyl (C=O) groups excluding carboxylic acids is 2. The van der Waals surface area contributed by atoms with Crippen molar-refractivity contribution in [2.24, 2.45) is 0 Å². The zero-order valence-electron chi connectivity index (χ0n) is 14.9. The monoisotopic (exact) mass is 314 g/mol. The summed E-state index contributed by atoms with van der Waals surface area (Å²) in [6.45, 7) is 8.27. The predicted octanol–water partition coefficient (Wildman–Crippen LogP) is 4.79. The molecule has 2 unspecified atom stereocenters. The molecule has 4 heteroatoms. The van der Waals surface area contributed by atoms with Gasteiger partial charge < -0.3 is 9.47 Å². The van der Waals surface area contributed by atoms with E-state index in [1.807, 2.05) is 13.8 Å². The van der Waals surface area contributed by atoms with E-state index in [-0.39, 0.29) is 37.0 Å². The molecule has 0 N–H and O–H groups in total. The van der Waals surface area contributed by atoms with Crippen molar-refractivity contribution >= 4 is 11.9 Å². The van der Waals surface area contributed by atoms with Gasteiger partial charge in [-0.25, -0.2) is 0 Å². The molecule has 0 aromatic carbocycles. The van der Waals surface area contributed by atoms with Crippen LogP contribution in [0.3, 0.4) is 0 Å². The molecule has 0 fully saturated rings. The van der Waals surface area contributed by atoms with Crippen molar-refractivity contribution in [2.45, 2.75) is 104 Å². The van der Waals surface area contributed by atoms with Crippen LogP contribution in [-0.4, -0.2) is 24.1 Å². The van der Waals surface area contributed by atoms with Gasteiger partial charge in [-0.3, -0.25) is 9.59 Å². The van der Waals surface area contributed by atoms with Gasteiger partial charge in [0, 0.05) is 0 Å². The SMILES string of the molecule is CCCCC(CC)OC(=O)CCC(=O)OC(CC)CCCC. The number of hydrogen-bond acceptors (Lipinski definition) is 4. The third kappa shape index (κ3) is 10.6. The standard InChI is InChI=1S/C18H34O4/c1-5-9-11-15(7-3)21-17(19)13-14-18(20)22-16(8-4)12-10-6-2/h15-16H,5-14H2,1-4H3. The van der Waals surface area contributed by atoms with Crippen LogP contribution in [0.1, 0.15) is 91.9 Å². The number of unbranched alkanes of at least 4 members (excludes halogenated alkanes) is 2. The van der Waals surface area contributed by atoms with Crippen LogP contribution in [0, 0.1) is 0 Å². The van der Waals surface area contributed by atoms with Crippen LogP contribution in [0.25, 0.3) is 0 Å². The van der Waals surface area contributed by atoms with E-state index in [0.29, 0.717) is 0 Å². The Morgan fingerprint density at radius 3 is 1.36 bits per heavy atom. The Morgan fingerprint density at radius 2 is 1.09 bits per heavy atom. The van der Waals surface area contributed by atoms with Crippen LogP contribution in [0.15, 0.2) is 0 Å².